The van der Waals surface area contributed by atoms with Crippen LogP contribution in [0.25, 0.3) is 11.4 Å². The molecule has 1 amide bonds. The second-order valence-electron chi connectivity index (χ2n) is 7.23. The summed E-state index contributed by atoms with van der Waals surface area (Å²) < 4.78 is 12.0. The normalized spacial score (nSPS) is 14.1. The van der Waals surface area contributed by atoms with Gasteiger partial charge < -0.3 is 20.2 Å². The van der Waals surface area contributed by atoms with Gasteiger partial charge in [-0.1, -0.05) is 30.0 Å². The summed E-state index contributed by atoms with van der Waals surface area (Å²) in [4.78, 5) is 15.0. The van der Waals surface area contributed by atoms with Crippen LogP contribution < -0.4 is 20.2 Å². The van der Waals surface area contributed by atoms with E-state index in [1.54, 1.807) is 26.4 Å². The average Bonchev–Trinajstić information content (AvgIpc) is 3.17. The second-order valence-corrected chi connectivity index (χ2v) is 8.54. The molecule has 2 heterocycles. The summed E-state index contributed by atoms with van der Waals surface area (Å²) in [6.07, 6.45) is 1.95. The molecule has 0 fully saturated rings. The molecule has 9 heteroatoms. The SMILES string of the molecule is COc1ccc(-c2nnc(SC(C)C(=O)N3CCCc4ccccc43)n2N)cc1OC. The third kappa shape index (κ3) is 4.05. The van der Waals surface area contributed by atoms with E-state index in [0.717, 1.165) is 24.1 Å². The highest BCUT2D eigenvalue weighted by Gasteiger charge is 2.28. The van der Waals surface area contributed by atoms with Crippen molar-refractivity contribution in [3.63, 3.8) is 0 Å². The number of nitrogen functional groups attached to an aromatic ring is 1. The number of hydrogen-bond acceptors (Lipinski definition) is 7. The Morgan fingerprint density at radius 1 is 1.13 bits per heavy atom. The monoisotopic (exact) mass is 439 g/mol. The lowest BCUT2D eigenvalue weighted by Crippen LogP contribution is -2.40. The first-order valence-electron chi connectivity index (χ1n) is 10.0. The number of amides is 1. The molecule has 1 aliphatic heterocycles. The van der Waals surface area contributed by atoms with Gasteiger partial charge in [0.05, 0.1) is 19.5 Å². The second kappa shape index (κ2) is 8.89. The molecule has 1 aliphatic rings. The fourth-order valence-corrected chi connectivity index (χ4v) is 4.55. The number of aromatic nitrogens is 3. The topological polar surface area (TPSA) is 95.5 Å². The van der Waals surface area contributed by atoms with Crippen molar-refractivity contribution < 1.29 is 14.3 Å². The van der Waals surface area contributed by atoms with Gasteiger partial charge in [0, 0.05) is 17.8 Å². The molecule has 0 aliphatic carbocycles. The molecule has 0 saturated carbocycles. The van der Waals surface area contributed by atoms with Gasteiger partial charge in [0.25, 0.3) is 0 Å². The molecule has 1 atom stereocenters. The number of ether oxygens (including phenoxy) is 2. The van der Waals surface area contributed by atoms with Gasteiger partial charge in [-0.25, -0.2) is 4.68 Å². The summed E-state index contributed by atoms with van der Waals surface area (Å²) >= 11 is 1.30. The fourth-order valence-electron chi connectivity index (χ4n) is 3.72. The molecule has 0 spiro atoms. The Bertz CT molecular complexity index is 1100. The minimum Gasteiger partial charge on any atom is -0.493 e. The molecule has 162 valence electrons. The van der Waals surface area contributed by atoms with Crippen molar-refractivity contribution in [3.8, 4) is 22.9 Å². The van der Waals surface area contributed by atoms with Gasteiger partial charge in [0.15, 0.2) is 17.3 Å². The maximum Gasteiger partial charge on any atom is 0.240 e. The number of fused-ring (bicyclic) bond motifs is 1. The number of nitrogens with two attached hydrogens (primary N) is 1. The number of benzene rings is 2. The Labute approximate surface area is 185 Å². The van der Waals surface area contributed by atoms with Crippen molar-refractivity contribution in [2.45, 2.75) is 30.2 Å². The molecule has 31 heavy (non-hydrogen) atoms. The molecular weight excluding hydrogens is 414 g/mol. The van der Waals surface area contributed by atoms with E-state index in [2.05, 4.69) is 16.3 Å². The van der Waals surface area contributed by atoms with E-state index in [-0.39, 0.29) is 11.2 Å². The summed E-state index contributed by atoms with van der Waals surface area (Å²) in [5, 5.41) is 8.54. The highest BCUT2D eigenvalue weighted by Crippen LogP contribution is 2.34. The maximum atomic E-state index is 13.2. The predicted molar refractivity (Wildman–Crippen MR) is 121 cm³/mol. The summed E-state index contributed by atoms with van der Waals surface area (Å²) in [6.45, 7) is 2.59. The van der Waals surface area contributed by atoms with Crippen molar-refractivity contribution in [3.05, 3.63) is 48.0 Å². The molecule has 0 bridgehead atoms. The first-order valence-corrected chi connectivity index (χ1v) is 10.9. The van der Waals surface area contributed by atoms with Crippen LogP contribution in [0, 0.1) is 0 Å². The van der Waals surface area contributed by atoms with Crippen molar-refractivity contribution in [2.75, 3.05) is 31.5 Å². The molecule has 0 radical (unpaired) electrons. The smallest absolute Gasteiger partial charge is 0.240 e. The van der Waals surface area contributed by atoms with Gasteiger partial charge in [0.1, 0.15) is 0 Å². The number of carbonyl (C=O) groups is 1. The quantitative estimate of drug-likeness (QED) is 0.466. The Kier molecular flexibility index (Phi) is 6.03. The summed E-state index contributed by atoms with van der Waals surface area (Å²) in [7, 11) is 3.15. The number of anilines is 1. The van der Waals surface area contributed by atoms with Crippen LogP contribution in [0.5, 0.6) is 11.5 Å². The van der Waals surface area contributed by atoms with Crippen LogP contribution in [0.15, 0.2) is 47.6 Å². The van der Waals surface area contributed by atoms with Gasteiger partial charge in [-0.3, -0.25) is 4.79 Å². The van der Waals surface area contributed by atoms with Gasteiger partial charge >= 0.3 is 0 Å². The van der Waals surface area contributed by atoms with Crippen LogP contribution in [0.3, 0.4) is 0 Å². The van der Waals surface area contributed by atoms with Crippen molar-refractivity contribution >= 4 is 23.4 Å². The zero-order valence-corrected chi connectivity index (χ0v) is 18.6. The summed E-state index contributed by atoms with van der Waals surface area (Å²) in [5.74, 6) is 7.98. The van der Waals surface area contributed by atoms with Crippen LogP contribution in [0.2, 0.25) is 0 Å². The fraction of sp³-hybridized carbons (Fsp3) is 0.318. The van der Waals surface area contributed by atoms with Gasteiger partial charge in [-0.2, -0.15) is 0 Å². The van der Waals surface area contributed by atoms with Gasteiger partial charge in [-0.05, 0) is 49.6 Å². The zero-order chi connectivity index (χ0) is 22.0. The lowest BCUT2D eigenvalue weighted by atomic mass is 10.0. The van der Waals surface area contributed by atoms with E-state index in [0.29, 0.717) is 29.0 Å². The molecule has 4 rings (SSSR count). The lowest BCUT2D eigenvalue weighted by Gasteiger charge is -2.31. The third-order valence-electron chi connectivity index (χ3n) is 5.31. The van der Waals surface area contributed by atoms with E-state index in [1.807, 2.05) is 36.1 Å². The molecule has 2 N–H and O–H groups in total. The van der Waals surface area contributed by atoms with Crippen LogP contribution in [0.4, 0.5) is 5.69 Å². The number of rotatable bonds is 6. The van der Waals surface area contributed by atoms with E-state index in [1.165, 1.54) is 22.0 Å². The highest BCUT2D eigenvalue weighted by atomic mass is 32.2. The Morgan fingerprint density at radius 2 is 1.90 bits per heavy atom. The van der Waals surface area contributed by atoms with Crippen molar-refractivity contribution in [1.29, 1.82) is 0 Å². The first kappa shape index (κ1) is 21.0. The van der Waals surface area contributed by atoms with Crippen LogP contribution in [-0.2, 0) is 11.2 Å². The number of hydrogen-bond donors (Lipinski definition) is 1. The lowest BCUT2D eigenvalue weighted by molar-refractivity contribution is -0.117. The van der Waals surface area contributed by atoms with E-state index in [4.69, 9.17) is 15.3 Å². The highest BCUT2D eigenvalue weighted by molar-refractivity contribution is 8.00. The molecule has 0 saturated heterocycles. The third-order valence-corrected chi connectivity index (χ3v) is 6.36. The minimum absolute atomic E-state index is 0.0350. The van der Waals surface area contributed by atoms with Crippen LogP contribution in [0.1, 0.15) is 18.9 Å². The molecular formula is C22H25N5O3S. The van der Waals surface area contributed by atoms with E-state index >= 15 is 0 Å². The molecule has 1 unspecified atom stereocenters. The predicted octanol–water partition coefficient (Wildman–Crippen LogP) is 3.14. The average molecular weight is 440 g/mol. The largest absolute Gasteiger partial charge is 0.493 e. The number of para-hydroxylation sites is 1. The maximum absolute atomic E-state index is 13.2. The van der Waals surface area contributed by atoms with E-state index < -0.39 is 0 Å². The molecule has 3 aromatic rings. The van der Waals surface area contributed by atoms with Crippen molar-refractivity contribution in [2.24, 2.45) is 0 Å². The number of aryl methyl sites for hydroxylation is 1. The standard InChI is InChI=1S/C22H25N5O3S/c1-14(21(28)26-12-6-8-15-7-4-5-9-17(15)26)31-22-25-24-20(27(22)23)16-10-11-18(29-2)19(13-16)30-3/h4-5,7,9-11,13-14H,6,8,12,23H2,1-3H3. The first-order chi connectivity index (χ1) is 15.0. The number of thioether (sulfide) groups is 1. The van der Waals surface area contributed by atoms with Crippen LogP contribution in [-0.4, -0.2) is 46.8 Å². The molecule has 8 nitrogen and oxygen atoms in total. The number of carbonyl (C=O) groups excluding carboxylic acids is 1. The Balaban J connectivity index is 1.53. The molecule has 1 aromatic heterocycles. The minimum atomic E-state index is -0.365. The van der Waals surface area contributed by atoms with E-state index in [9.17, 15) is 4.79 Å². The van der Waals surface area contributed by atoms with Gasteiger partial charge in [-0.15, -0.1) is 10.2 Å². The summed E-state index contributed by atoms with van der Waals surface area (Å²) in [5.41, 5.74) is 2.94. The molecule has 2 aromatic carbocycles. The Morgan fingerprint density at radius 3 is 2.68 bits per heavy atom. The van der Waals surface area contributed by atoms with Gasteiger partial charge in [0.2, 0.25) is 11.1 Å². The number of methoxy groups -OCH3 is 2. The zero-order valence-electron chi connectivity index (χ0n) is 17.7. The summed E-state index contributed by atoms with van der Waals surface area (Å²) in [6, 6.07) is 13.5. The van der Waals surface area contributed by atoms with Crippen molar-refractivity contribution in [1.82, 2.24) is 14.9 Å². The number of nitrogens with zero attached hydrogens (tertiary/aromatic N) is 4. The van der Waals surface area contributed by atoms with Crippen LogP contribution >= 0.6 is 11.8 Å². The Hall–Kier alpha value is -3.20.